The lowest BCUT2D eigenvalue weighted by Crippen LogP contribution is -2.02. The number of benzene rings is 2. The predicted molar refractivity (Wildman–Crippen MR) is 134 cm³/mol. The molecule has 7 heteroatoms. The Morgan fingerprint density at radius 1 is 0.909 bits per heavy atom. The third-order valence-corrected chi connectivity index (χ3v) is 6.42. The van der Waals surface area contributed by atoms with Gasteiger partial charge in [0.25, 0.3) is 0 Å². The van der Waals surface area contributed by atoms with Crippen LogP contribution in [0.15, 0.2) is 82.8 Å². The second-order valence-electron chi connectivity index (χ2n) is 7.94. The zero-order valence-electron chi connectivity index (χ0n) is 18.6. The van der Waals surface area contributed by atoms with Crippen molar-refractivity contribution < 1.29 is 4.74 Å². The van der Waals surface area contributed by atoms with Crippen LogP contribution in [-0.2, 0) is 0 Å². The number of anilines is 2. The van der Waals surface area contributed by atoms with Gasteiger partial charge >= 0.3 is 0 Å². The van der Waals surface area contributed by atoms with E-state index in [0.29, 0.717) is 11.7 Å². The fraction of sp³-hybridized carbons (Fsp3) is 0.154. The minimum absolute atomic E-state index is 0.313. The summed E-state index contributed by atoms with van der Waals surface area (Å²) in [6, 6.07) is 20.4. The number of methoxy groups -OCH3 is 1. The number of ether oxygens (including phenoxy) is 1. The summed E-state index contributed by atoms with van der Waals surface area (Å²) in [6.45, 7) is 4.27. The van der Waals surface area contributed by atoms with Crippen LogP contribution < -0.4 is 10.1 Å². The van der Waals surface area contributed by atoms with Gasteiger partial charge in [-0.15, -0.1) is 5.10 Å². The molecule has 0 radical (unpaired) electrons. The van der Waals surface area contributed by atoms with Gasteiger partial charge in [-0.3, -0.25) is 4.98 Å². The Balaban J connectivity index is 1.39. The van der Waals surface area contributed by atoms with E-state index in [2.05, 4.69) is 75.7 Å². The van der Waals surface area contributed by atoms with E-state index in [1.807, 2.05) is 24.3 Å². The van der Waals surface area contributed by atoms with Gasteiger partial charge in [-0.2, -0.15) is 5.10 Å². The molecular weight excluding hydrogens is 430 g/mol. The quantitative estimate of drug-likeness (QED) is 0.310. The highest BCUT2D eigenvalue weighted by atomic mass is 32.2. The Bertz CT molecular complexity index is 1440. The smallest absolute Gasteiger partial charge is 0.160 e. The van der Waals surface area contributed by atoms with E-state index in [9.17, 15) is 0 Å². The van der Waals surface area contributed by atoms with Crippen molar-refractivity contribution >= 4 is 45.1 Å². The molecule has 0 amide bonds. The Morgan fingerprint density at radius 3 is 2.45 bits per heavy atom. The summed E-state index contributed by atoms with van der Waals surface area (Å²) in [6.07, 6.45) is 3.52. The summed E-state index contributed by atoms with van der Waals surface area (Å²) < 4.78 is 5.26. The first-order valence-electron chi connectivity index (χ1n) is 10.7. The van der Waals surface area contributed by atoms with Crippen molar-refractivity contribution in [3.8, 4) is 5.75 Å². The molecule has 0 aliphatic heterocycles. The maximum atomic E-state index is 5.26. The van der Waals surface area contributed by atoms with Gasteiger partial charge in [0.2, 0.25) is 0 Å². The van der Waals surface area contributed by atoms with Crippen molar-refractivity contribution in [3.05, 3.63) is 78.8 Å². The monoisotopic (exact) mass is 453 g/mol. The normalized spacial score (nSPS) is 11.3. The van der Waals surface area contributed by atoms with E-state index in [1.54, 1.807) is 31.3 Å². The fourth-order valence-corrected chi connectivity index (χ4v) is 4.60. The average Bonchev–Trinajstić information content (AvgIpc) is 2.85. The van der Waals surface area contributed by atoms with Crippen LogP contribution in [0.4, 0.5) is 11.5 Å². The summed E-state index contributed by atoms with van der Waals surface area (Å²) in [5, 5.41) is 14.6. The number of pyridine rings is 2. The van der Waals surface area contributed by atoms with Gasteiger partial charge in [-0.05, 0) is 36.2 Å². The number of aromatic nitrogens is 4. The molecule has 5 aromatic rings. The number of nitrogens with one attached hydrogen (secondary N) is 1. The summed E-state index contributed by atoms with van der Waals surface area (Å²) in [7, 11) is 1.63. The van der Waals surface area contributed by atoms with Crippen molar-refractivity contribution in [1.82, 2.24) is 20.2 Å². The molecule has 0 bridgehead atoms. The highest BCUT2D eigenvalue weighted by molar-refractivity contribution is 7.99. The van der Waals surface area contributed by atoms with Gasteiger partial charge < -0.3 is 10.1 Å². The Labute approximate surface area is 196 Å². The van der Waals surface area contributed by atoms with E-state index in [-0.39, 0.29) is 0 Å². The molecule has 0 aliphatic carbocycles. The van der Waals surface area contributed by atoms with Crippen LogP contribution in [0, 0.1) is 0 Å². The molecule has 0 saturated heterocycles. The molecule has 33 heavy (non-hydrogen) atoms. The summed E-state index contributed by atoms with van der Waals surface area (Å²) in [5.74, 6) is 1.77. The fourth-order valence-electron chi connectivity index (χ4n) is 3.69. The van der Waals surface area contributed by atoms with Crippen LogP contribution in [0.3, 0.4) is 0 Å². The molecule has 164 valence electrons. The lowest BCUT2D eigenvalue weighted by molar-refractivity contribution is 0.413. The molecule has 0 atom stereocenters. The topological polar surface area (TPSA) is 72.8 Å². The Morgan fingerprint density at radius 2 is 1.70 bits per heavy atom. The van der Waals surface area contributed by atoms with Crippen LogP contribution in [0.25, 0.3) is 21.8 Å². The minimum Gasteiger partial charge on any atom is -0.495 e. The predicted octanol–water partition coefficient (Wildman–Crippen LogP) is 6.60. The molecular formula is C26H23N5OS. The number of hydrogen-bond acceptors (Lipinski definition) is 7. The molecule has 2 aromatic carbocycles. The second kappa shape index (κ2) is 9.03. The average molecular weight is 454 g/mol. The van der Waals surface area contributed by atoms with Gasteiger partial charge in [-0.25, -0.2) is 4.98 Å². The van der Waals surface area contributed by atoms with Gasteiger partial charge in [-0.1, -0.05) is 49.9 Å². The van der Waals surface area contributed by atoms with Gasteiger partial charge in [0.15, 0.2) is 5.82 Å². The summed E-state index contributed by atoms with van der Waals surface area (Å²) >= 11 is 1.65. The van der Waals surface area contributed by atoms with Crippen molar-refractivity contribution in [3.63, 3.8) is 0 Å². The van der Waals surface area contributed by atoms with Gasteiger partial charge in [0, 0.05) is 38.5 Å². The number of fused-ring (bicyclic) bond motifs is 2. The first kappa shape index (κ1) is 21.2. The third-order valence-electron chi connectivity index (χ3n) is 5.36. The first-order chi connectivity index (χ1) is 16.1. The molecule has 0 saturated carbocycles. The van der Waals surface area contributed by atoms with E-state index in [4.69, 9.17) is 4.74 Å². The molecule has 5 rings (SSSR count). The summed E-state index contributed by atoms with van der Waals surface area (Å²) in [4.78, 5) is 11.1. The van der Waals surface area contributed by atoms with E-state index >= 15 is 0 Å². The number of rotatable bonds is 6. The molecule has 0 spiro atoms. The van der Waals surface area contributed by atoms with Crippen molar-refractivity contribution in [1.29, 1.82) is 0 Å². The third kappa shape index (κ3) is 4.32. The largest absolute Gasteiger partial charge is 0.495 e. The first-order valence-corrected chi connectivity index (χ1v) is 11.5. The zero-order valence-corrected chi connectivity index (χ0v) is 19.4. The van der Waals surface area contributed by atoms with Crippen LogP contribution in [0.2, 0.25) is 0 Å². The van der Waals surface area contributed by atoms with Gasteiger partial charge in [0.1, 0.15) is 11.3 Å². The summed E-state index contributed by atoms with van der Waals surface area (Å²) in [5.41, 5.74) is 3.64. The number of nitrogens with zero attached hydrogens (tertiary/aromatic N) is 4. The second-order valence-corrected chi connectivity index (χ2v) is 9.05. The molecule has 6 nitrogen and oxygen atoms in total. The van der Waals surface area contributed by atoms with E-state index < -0.39 is 0 Å². The SMILES string of the molecule is COc1cnc2c(Sc3ccc(Nc4nnc(C(C)C)c5ccccc45)cc3)ccnc2c1. The maximum absolute atomic E-state index is 5.26. The number of hydrogen-bond donors (Lipinski definition) is 1. The molecule has 0 fully saturated rings. The molecule has 0 aliphatic rings. The Kier molecular flexibility index (Phi) is 5.79. The van der Waals surface area contributed by atoms with Crippen LogP contribution in [0.1, 0.15) is 25.5 Å². The zero-order chi connectivity index (χ0) is 22.8. The molecule has 1 N–H and O–H groups in total. The lowest BCUT2D eigenvalue weighted by atomic mass is 10.0. The van der Waals surface area contributed by atoms with Crippen molar-refractivity contribution in [2.24, 2.45) is 0 Å². The molecule has 0 unspecified atom stereocenters. The standard InChI is InChI=1S/C26H23N5OS/c1-16(2)24-20-6-4-5-7-21(20)26(31-30-24)29-17-8-10-19(11-9-17)33-23-12-13-27-22-14-18(32-3)15-28-25(22)23/h4-16H,1-3H3,(H,29,31). The Hall–Kier alpha value is -3.71. The molecule has 3 aromatic heterocycles. The highest BCUT2D eigenvalue weighted by Gasteiger charge is 2.12. The van der Waals surface area contributed by atoms with E-state index in [1.165, 1.54) is 0 Å². The van der Waals surface area contributed by atoms with Crippen LogP contribution in [0.5, 0.6) is 5.75 Å². The van der Waals surface area contributed by atoms with Crippen LogP contribution >= 0.6 is 11.8 Å². The van der Waals surface area contributed by atoms with E-state index in [0.717, 1.165) is 48.8 Å². The maximum Gasteiger partial charge on any atom is 0.160 e. The lowest BCUT2D eigenvalue weighted by Gasteiger charge is -2.13. The minimum atomic E-state index is 0.313. The van der Waals surface area contributed by atoms with Crippen molar-refractivity contribution in [2.75, 3.05) is 12.4 Å². The van der Waals surface area contributed by atoms with Crippen LogP contribution in [-0.4, -0.2) is 27.3 Å². The van der Waals surface area contributed by atoms with Crippen molar-refractivity contribution in [2.45, 2.75) is 29.6 Å². The molecule has 3 heterocycles. The van der Waals surface area contributed by atoms with Gasteiger partial charge in [0.05, 0.1) is 24.5 Å². The highest BCUT2D eigenvalue weighted by Crippen LogP contribution is 2.34.